The lowest BCUT2D eigenvalue weighted by molar-refractivity contribution is 0.378. The first kappa shape index (κ1) is 15.4. The molecule has 21 heavy (non-hydrogen) atoms. The quantitative estimate of drug-likeness (QED) is 0.399. The van der Waals surface area contributed by atoms with Gasteiger partial charge in [-0.3, -0.25) is 0 Å². The van der Waals surface area contributed by atoms with Crippen molar-refractivity contribution in [1.29, 1.82) is 0 Å². The van der Waals surface area contributed by atoms with Crippen LogP contribution in [0, 0.1) is 29.1 Å². The Morgan fingerprint density at radius 1 is 1.00 bits per heavy atom. The number of rotatable bonds is 5. The van der Waals surface area contributed by atoms with Crippen LogP contribution in [0.1, 0.15) is 12.3 Å². The smallest absolute Gasteiger partial charge is 0.200 e. The number of nitrogens with zero attached hydrogens (tertiary/aromatic N) is 1. The van der Waals surface area contributed by atoms with Crippen LogP contribution in [0.25, 0.3) is 11.3 Å². The minimum Gasteiger partial charge on any atom is -0.441 e. The van der Waals surface area contributed by atoms with Gasteiger partial charge in [-0.15, -0.1) is 0 Å². The average molecular weight is 306 g/mol. The summed E-state index contributed by atoms with van der Waals surface area (Å²) >= 11 is 0. The summed E-state index contributed by atoms with van der Waals surface area (Å²) in [7, 11) is 1.75. The molecule has 1 aromatic heterocycles. The second-order valence-corrected chi connectivity index (χ2v) is 4.27. The molecule has 8 heteroatoms. The molecule has 0 fully saturated rings. The number of benzene rings is 1. The summed E-state index contributed by atoms with van der Waals surface area (Å²) in [6.07, 6.45) is 1.96. The molecule has 0 spiro atoms. The van der Waals surface area contributed by atoms with E-state index >= 15 is 0 Å². The topological polar surface area (TPSA) is 38.1 Å². The third kappa shape index (κ3) is 2.90. The molecule has 0 aliphatic heterocycles. The van der Waals surface area contributed by atoms with Crippen molar-refractivity contribution in [2.75, 3.05) is 13.6 Å². The molecule has 0 aliphatic rings. The van der Waals surface area contributed by atoms with E-state index in [0.29, 0.717) is 19.4 Å². The van der Waals surface area contributed by atoms with Crippen molar-refractivity contribution in [2.24, 2.45) is 0 Å². The molecule has 0 saturated heterocycles. The standard InChI is InChI=1S/C13H11F5N2O/c1-19-4-2-3-7-20-5-6(21-7)8-9(14)11(16)13(18)12(17)10(8)15/h5,19H,2-4H2,1H3. The molecule has 0 saturated carbocycles. The Kier molecular flexibility index (Phi) is 4.56. The maximum atomic E-state index is 13.6. The minimum absolute atomic E-state index is 0.157. The second kappa shape index (κ2) is 6.21. The molecular formula is C13H11F5N2O. The normalized spacial score (nSPS) is 11.1. The van der Waals surface area contributed by atoms with Crippen molar-refractivity contribution in [1.82, 2.24) is 10.3 Å². The third-order valence-corrected chi connectivity index (χ3v) is 2.83. The minimum atomic E-state index is -2.21. The van der Waals surface area contributed by atoms with Crippen molar-refractivity contribution < 1.29 is 26.4 Å². The van der Waals surface area contributed by atoms with Gasteiger partial charge in [-0.1, -0.05) is 0 Å². The van der Waals surface area contributed by atoms with Gasteiger partial charge in [0.15, 0.2) is 34.9 Å². The zero-order chi connectivity index (χ0) is 15.6. The lowest BCUT2D eigenvalue weighted by Crippen LogP contribution is -2.08. The van der Waals surface area contributed by atoms with Crippen LogP contribution in [0.3, 0.4) is 0 Å². The lowest BCUT2D eigenvalue weighted by Gasteiger charge is -2.05. The Balaban J connectivity index is 2.39. The fourth-order valence-corrected chi connectivity index (χ4v) is 1.78. The highest BCUT2D eigenvalue weighted by Gasteiger charge is 2.28. The highest BCUT2D eigenvalue weighted by Crippen LogP contribution is 2.31. The fourth-order valence-electron chi connectivity index (χ4n) is 1.78. The number of hydrogen-bond acceptors (Lipinski definition) is 3. The van der Waals surface area contributed by atoms with E-state index in [9.17, 15) is 22.0 Å². The highest BCUT2D eigenvalue weighted by atomic mass is 19.2. The Hall–Kier alpha value is -1.96. The summed E-state index contributed by atoms with van der Waals surface area (Å²) in [6.45, 7) is 0.667. The van der Waals surface area contributed by atoms with Crippen molar-refractivity contribution >= 4 is 0 Å². The van der Waals surface area contributed by atoms with Crippen LogP contribution in [-0.4, -0.2) is 18.6 Å². The molecule has 0 amide bonds. The summed E-state index contributed by atoms with van der Waals surface area (Å²) in [6, 6.07) is 0. The Morgan fingerprint density at radius 2 is 1.57 bits per heavy atom. The van der Waals surface area contributed by atoms with Gasteiger partial charge in [0.2, 0.25) is 5.82 Å². The van der Waals surface area contributed by atoms with Gasteiger partial charge in [0.25, 0.3) is 0 Å². The molecular weight excluding hydrogens is 295 g/mol. The van der Waals surface area contributed by atoms with Gasteiger partial charge >= 0.3 is 0 Å². The van der Waals surface area contributed by atoms with Gasteiger partial charge in [0.1, 0.15) is 0 Å². The maximum Gasteiger partial charge on any atom is 0.200 e. The number of halogens is 5. The van der Waals surface area contributed by atoms with Crippen LogP contribution < -0.4 is 5.32 Å². The molecule has 0 bridgehead atoms. The van der Waals surface area contributed by atoms with Crippen molar-refractivity contribution in [3.8, 4) is 11.3 Å². The number of hydrogen-bond donors (Lipinski definition) is 1. The van der Waals surface area contributed by atoms with Crippen molar-refractivity contribution in [2.45, 2.75) is 12.8 Å². The van der Waals surface area contributed by atoms with Crippen molar-refractivity contribution in [3.05, 3.63) is 41.2 Å². The summed E-state index contributed by atoms with van der Waals surface area (Å²) in [5, 5.41) is 2.89. The highest BCUT2D eigenvalue weighted by molar-refractivity contribution is 5.58. The lowest BCUT2D eigenvalue weighted by atomic mass is 10.1. The molecule has 1 heterocycles. The Bertz CT molecular complexity index is 627. The maximum absolute atomic E-state index is 13.6. The van der Waals surface area contributed by atoms with E-state index in [0.717, 1.165) is 6.20 Å². The van der Waals surface area contributed by atoms with E-state index in [4.69, 9.17) is 4.42 Å². The van der Waals surface area contributed by atoms with Gasteiger partial charge < -0.3 is 9.73 Å². The number of aryl methyl sites for hydroxylation is 1. The predicted octanol–water partition coefficient (Wildman–Crippen LogP) is 3.19. The first-order valence-electron chi connectivity index (χ1n) is 6.08. The van der Waals surface area contributed by atoms with E-state index in [1.54, 1.807) is 7.05 Å². The molecule has 1 aromatic carbocycles. The average Bonchev–Trinajstić information content (AvgIpc) is 2.92. The first-order valence-corrected chi connectivity index (χ1v) is 6.08. The monoisotopic (exact) mass is 306 g/mol. The third-order valence-electron chi connectivity index (χ3n) is 2.83. The van der Waals surface area contributed by atoms with Crippen LogP contribution in [0.15, 0.2) is 10.6 Å². The van der Waals surface area contributed by atoms with Gasteiger partial charge in [-0.2, -0.15) is 0 Å². The van der Waals surface area contributed by atoms with E-state index in [1.807, 2.05) is 0 Å². The van der Waals surface area contributed by atoms with Crippen LogP contribution >= 0.6 is 0 Å². The Labute approximate surface area is 116 Å². The first-order chi connectivity index (χ1) is 9.97. The Morgan fingerprint density at radius 3 is 2.14 bits per heavy atom. The fraction of sp³-hybridized carbons (Fsp3) is 0.308. The van der Waals surface area contributed by atoms with E-state index < -0.39 is 40.4 Å². The zero-order valence-corrected chi connectivity index (χ0v) is 10.9. The largest absolute Gasteiger partial charge is 0.441 e. The SMILES string of the molecule is CNCCCc1ncc(-c2c(F)c(F)c(F)c(F)c2F)o1. The number of aromatic nitrogens is 1. The van der Waals surface area contributed by atoms with Gasteiger partial charge in [0.05, 0.1) is 11.8 Å². The van der Waals surface area contributed by atoms with Gasteiger partial charge in [-0.25, -0.2) is 26.9 Å². The molecule has 2 rings (SSSR count). The molecule has 0 radical (unpaired) electrons. The molecule has 0 aliphatic carbocycles. The molecule has 114 valence electrons. The molecule has 1 N–H and O–H groups in total. The summed E-state index contributed by atoms with van der Waals surface area (Å²) in [5.41, 5.74) is -1.11. The van der Waals surface area contributed by atoms with Gasteiger partial charge in [-0.05, 0) is 20.0 Å². The summed E-state index contributed by atoms with van der Waals surface area (Å²) in [4.78, 5) is 3.76. The van der Waals surface area contributed by atoms with Crippen LogP contribution in [0.2, 0.25) is 0 Å². The van der Waals surface area contributed by atoms with Gasteiger partial charge in [0, 0.05) is 6.42 Å². The van der Waals surface area contributed by atoms with E-state index in [1.165, 1.54) is 0 Å². The summed E-state index contributed by atoms with van der Waals surface area (Å²) in [5.74, 6) is -10.5. The number of nitrogens with one attached hydrogen (secondary N) is 1. The van der Waals surface area contributed by atoms with Crippen LogP contribution in [0.5, 0.6) is 0 Å². The van der Waals surface area contributed by atoms with Crippen LogP contribution in [0.4, 0.5) is 22.0 Å². The van der Waals surface area contributed by atoms with Crippen molar-refractivity contribution in [3.63, 3.8) is 0 Å². The van der Waals surface area contributed by atoms with E-state index in [2.05, 4.69) is 10.3 Å². The van der Waals surface area contributed by atoms with Crippen LogP contribution in [-0.2, 0) is 6.42 Å². The molecule has 0 atom stereocenters. The zero-order valence-electron chi connectivity index (χ0n) is 10.9. The molecule has 0 unspecified atom stereocenters. The predicted molar refractivity (Wildman–Crippen MR) is 64.0 cm³/mol. The number of oxazole rings is 1. The van der Waals surface area contributed by atoms with E-state index in [-0.39, 0.29) is 5.89 Å². The molecule has 2 aromatic rings. The second-order valence-electron chi connectivity index (χ2n) is 4.27. The molecule has 3 nitrogen and oxygen atoms in total. The summed E-state index contributed by atoms with van der Waals surface area (Å²) < 4.78 is 71.4.